The van der Waals surface area contributed by atoms with E-state index in [1.165, 1.54) is 66.8 Å². The van der Waals surface area contributed by atoms with Gasteiger partial charge in [-0.15, -0.1) is 0 Å². The Labute approximate surface area is 363 Å². The Hall–Kier alpha value is -8.20. The van der Waals surface area contributed by atoms with Crippen LogP contribution in [0.3, 0.4) is 0 Å². The van der Waals surface area contributed by atoms with E-state index in [1.807, 2.05) is 0 Å². The van der Waals surface area contributed by atoms with Gasteiger partial charge in [-0.25, -0.2) is 0 Å². The zero-order valence-corrected chi connectivity index (χ0v) is 34.1. The topological polar surface area (TPSA) is 6.48 Å². The van der Waals surface area contributed by atoms with Crippen LogP contribution in [-0.2, 0) is 0 Å². The van der Waals surface area contributed by atoms with Crippen LogP contribution in [0, 0.1) is 0 Å². The normalized spacial score (nSPS) is 11.8. The molecule has 292 valence electrons. The molecule has 62 heavy (non-hydrogen) atoms. The van der Waals surface area contributed by atoms with E-state index in [2.05, 4.69) is 265 Å². The van der Waals surface area contributed by atoms with E-state index >= 15 is 0 Å². The Bertz CT molecular complexity index is 2750. The van der Waals surface area contributed by atoms with Crippen molar-refractivity contribution in [1.82, 2.24) is 0 Å². The summed E-state index contributed by atoms with van der Waals surface area (Å²) >= 11 is 0. The predicted molar refractivity (Wildman–Crippen MR) is 262 cm³/mol. The van der Waals surface area contributed by atoms with Gasteiger partial charge in [-0.1, -0.05) is 182 Å². The molecule has 0 radical (unpaired) electrons. The zero-order valence-electron chi connectivity index (χ0n) is 34.1. The van der Waals surface area contributed by atoms with E-state index < -0.39 is 0 Å². The number of nitrogens with zero attached hydrogens (tertiary/aromatic N) is 2. The number of benzene rings is 10. The molecule has 0 fully saturated rings. The van der Waals surface area contributed by atoms with Crippen LogP contribution in [0.5, 0.6) is 0 Å². The summed E-state index contributed by atoms with van der Waals surface area (Å²) in [7, 11) is 0. The minimum Gasteiger partial charge on any atom is -0.311 e. The van der Waals surface area contributed by atoms with Gasteiger partial charge >= 0.3 is 0 Å². The van der Waals surface area contributed by atoms with Gasteiger partial charge in [0, 0.05) is 34.1 Å². The molecule has 17 rings (SSSR count). The first-order valence-corrected chi connectivity index (χ1v) is 21.2. The van der Waals surface area contributed by atoms with E-state index in [0.717, 1.165) is 34.1 Å². The minimum absolute atomic E-state index is 1.09. The number of rotatable bonds is 4. The molecule has 0 saturated heterocycles. The Kier molecular flexibility index (Phi) is 9.57. The Morgan fingerprint density at radius 1 is 0.145 bits per heavy atom. The molecule has 7 heterocycles. The number of anilines is 6. The second-order valence-electron chi connectivity index (χ2n) is 15.8. The van der Waals surface area contributed by atoms with Crippen LogP contribution in [0.4, 0.5) is 34.1 Å². The maximum absolute atomic E-state index is 2.35. The van der Waals surface area contributed by atoms with Gasteiger partial charge in [0.15, 0.2) is 0 Å². The van der Waals surface area contributed by atoms with Crippen molar-refractivity contribution >= 4 is 34.1 Å². The summed E-state index contributed by atoms with van der Waals surface area (Å²) in [6, 6.07) is 92.5. The second kappa shape index (κ2) is 16.1. The van der Waals surface area contributed by atoms with Crippen molar-refractivity contribution < 1.29 is 0 Å². The molecular formula is C60H42N2. The summed E-state index contributed by atoms with van der Waals surface area (Å²) in [5.74, 6) is 0. The fraction of sp³-hybridized carbons (Fsp3) is 0. The highest BCUT2D eigenvalue weighted by Gasteiger charge is 2.18. The van der Waals surface area contributed by atoms with Crippen molar-refractivity contribution in [2.75, 3.05) is 9.80 Å². The standard InChI is InChI=1S/C60H42N2/c1-3-11-43(12-4-1)45-19-31-51(32-20-45)61-53-35-23-47(24-36-53)57-15-7-9-17-59(57)49-27-39-55(40-28-49)62(52-33-21-46(22-34-52)44-13-5-2-6-14-44)56-41-29-50(30-42-56)60-18-10-8-16-58(60)48-25-37-54(61)38-26-48/h1-42H. The first kappa shape index (κ1) is 36.8. The van der Waals surface area contributed by atoms with Gasteiger partial charge in [0.05, 0.1) is 0 Å². The first-order chi connectivity index (χ1) is 30.7. The Morgan fingerprint density at radius 2 is 0.323 bits per heavy atom. The van der Waals surface area contributed by atoms with Gasteiger partial charge in [0.1, 0.15) is 0 Å². The molecule has 8 bridgehead atoms. The molecule has 0 saturated carbocycles. The molecule has 7 aliphatic heterocycles. The van der Waals surface area contributed by atoms with Gasteiger partial charge in [0.25, 0.3) is 0 Å². The quantitative estimate of drug-likeness (QED) is 0.175. The second-order valence-corrected chi connectivity index (χ2v) is 15.8. The average Bonchev–Trinajstić information content (AvgIpc) is 3.36. The SMILES string of the molecule is c1ccc(-c2ccc(N3c4ccc(cc4)-c4ccccc4-c4ccc(cc4)N(c4ccc(-c5ccccc5)cc4)c4ccc(cc4)-c4ccccc4-c4ccc3cc4)cc2)cc1. The van der Waals surface area contributed by atoms with Crippen LogP contribution in [0.15, 0.2) is 255 Å². The highest BCUT2D eigenvalue weighted by atomic mass is 15.1. The van der Waals surface area contributed by atoms with Crippen LogP contribution in [0.25, 0.3) is 66.8 Å². The summed E-state index contributed by atoms with van der Waals surface area (Å²) in [6.45, 7) is 0. The maximum atomic E-state index is 2.35. The van der Waals surface area contributed by atoms with Crippen LogP contribution in [-0.4, -0.2) is 0 Å². The fourth-order valence-electron chi connectivity index (χ4n) is 8.89. The van der Waals surface area contributed by atoms with Crippen molar-refractivity contribution in [1.29, 1.82) is 0 Å². The Balaban J connectivity index is 1.05. The third-order valence-corrected chi connectivity index (χ3v) is 12.1. The molecule has 0 aromatic heterocycles. The molecule has 0 N–H and O–H groups in total. The van der Waals surface area contributed by atoms with Gasteiger partial charge in [-0.3, -0.25) is 0 Å². The van der Waals surface area contributed by atoms with Crippen molar-refractivity contribution in [3.8, 4) is 66.8 Å². The lowest BCUT2D eigenvalue weighted by atomic mass is 9.93. The molecule has 2 nitrogen and oxygen atoms in total. The summed E-state index contributed by atoms with van der Waals surface area (Å²) < 4.78 is 0. The van der Waals surface area contributed by atoms with Gasteiger partial charge in [-0.2, -0.15) is 0 Å². The van der Waals surface area contributed by atoms with Gasteiger partial charge in [0.2, 0.25) is 0 Å². The largest absolute Gasteiger partial charge is 0.311 e. The molecule has 10 aromatic carbocycles. The predicted octanol–water partition coefficient (Wildman–Crippen LogP) is 16.9. The molecule has 7 aliphatic rings. The molecule has 0 amide bonds. The smallest absolute Gasteiger partial charge is 0.0462 e. The lowest BCUT2D eigenvalue weighted by Crippen LogP contribution is -2.10. The molecule has 10 aromatic rings. The fourth-order valence-corrected chi connectivity index (χ4v) is 8.89. The monoisotopic (exact) mass is 790 g/mol. The van der Waals surface area contributed by atoms with E-state index in [-0.39, 0.29) is 0 Å². The third kappa shape index (κ3) is 7.04. The third-order valence-electron chi connectivity index (χ3n) is 12.1. The minimum atomic E-state index is 1.09. The molecule has 0 aliphatic carbocycles. The molecule has 0 spiro atoms. The average molecular weight is 791 g/mol. The van der Waals surface area contributed by atoms with Gasteiger partial charge in [-0.05, 0) is 140 Å². The van der Waals surface area contributed by atoms with Crippen molar-refractivity contribution in [2.24, 2.45) is 0 Å². The summed E-state index contributed by atoms with van der Waals surface area (Å²) in [5.41, 5.74) is 20.8. The van der Waals surface area contributed by atoms with Crippen molar-refractivity contribution in [2.45, 2.75) is 0 Å². The van der Waals surface area contributed by atoms with Gasteiger partial charge < -0.3 is 9.80 Å². The van der Waals surface area contributed by atoms with Crippen molar-refractivity contribution in [3.05, 3.63) is 255 Å². The van der Waals surface area contributed by atoms with E-state index in [1.54, 1.807) is 0 Å². The Morgan fingerprint density at radius 3 is 0.548 bits per heavy atom. The number of hydrogen-bond acceptors (Lipinski definition) is 2. The maximum Gasteiger partial charge on any atom is 0.0462 e. The highest BCUT2D eigenvalue weighted by Crippen LogP contribution is 2.43. The van der Waals surface area contributed by atoms with Crippen LogP contribution >= 0.6 is 0 Å². The zero-order chi connectivity index (χ0) is 41.2. The van der Waals surface area contributed by atoms with Crippen molar-refractivity contribution in [3.63, 3.8) is 0 Å². The summed E-state index contributed by atoms with van der Waals surface area (Å²) in [4.78, 5) is 4.70. The summed E-state index contributed by atoms with van der Waals surface area (Å²) in [6.07, 6.45) is 0. The lowest BCUT2D eigenvalue weighted by Gasteiger charge is -2.27. The number of hydrogen-bond donors (Lipinski definition) is 0. The van der Waals surface area contributed by atoms with E-state index in [0.29, 0.717) is 0 Å². The first-order valence-electron chi connectivity index (χ1n) is 21.2. The summed E-state index contributed by atoms with van der Waals surface area (Å²) in [5, 5.41) is 0. The lowest BCUT2D eigenvalue weighted by molar-refractivity contribution is 1.28. The van der Waals surface area contributed by atoms with E-state index in [9.17, 15) is 0 Å². The van der Waals surface area contributed by atoms with Crippen LogP contribution in [0.1, 0.15) is 0 Å². The van der Waals surface area contributed by atoms with Crippen LogP contribution in [0.2, 0.25) is 0 Å². The van der Waals surface area contributed by atoms with E-state index in [4.69, 9.17) is 0 Å². The molecule has 0 atom stereocenters. The molecule has 0 unspecified atom stereocenters. The highest BCUT2D eigenvalue weighted by molar-refractivity contribution is 5.89. The van der Waals surface area contributed by atoms with Crippen LogP contribution < -0.4 is 9.80 Å². The molecular weight excluding hydrogens is 749 g/mol. The molecule has 2 heteroatoms.